The molecule has 0 aliphatic carbocycles. The summed E-state index contributed by atoms with van der Waals surface area (Å²) in [6, 6.07) is 15.6. The van der Waals surface area contributed by atoms with Gasteiger partial charge in [0.2, 0.25) is 0 Å². The Bertz CT molecular complexity index is 732. The van der Waals surface area contributed by atoms with Gasteiger partial charge in [0.15, 0.2) is 5.96 Å². The summed E-state index contributed by atoms with van der Waals surface area (Å²) in [6.45, 7) is 6.30. The molecule has 0 heterocycles. The Hall–Kier alpha value is -2.57. The smallest absolute Gasteiger partial charge is 0.195 e. The minimum atomic E-state index is -0.647. The van der Waals surface area contributed by atoms with Crippen LogP contribution in [0.2, 0.25) is 0 Å². The molecular weight excluding hydrogens is 354 g/mol. The fourth-order valence-electron chi connectivity index (χ4n) is 2.57. The Morgan fingerprint density at radius 1 is 1.14 bits per heavy atom. The Kier molecular flexibility index (Phi) is 9.31. The maximum Gasteiger partial charge on any atom is 0.195 e. The quantitative estimate of drug-likeness (QED) is 0.331. The van der Waals surface area contributed by atoms with Crippen molar-refractivity contribution in [1.29, 1.82) is 0 Å². The van der Waals surface area contributed by atoms with Gasteiger partial charge < -0.3 is 25.2 Å². The van der Waals surface area contributed by atoms with Crippen molar-refractivity contribution >= 4 is 11.6 Å². The Morgan fingerprint density at radius 3 is 2.64 bits per heavy atom. The molecule has 6 heteroatoms. The zero-order chi connectivity index (χ0) is 20.2. The molecule has 1 atom stereocenters. The van der Waals surface area contributed by atoms with E-state index in [9.17, 15) is 5.11 Å². The lowest BCUT2D eigenvalue weighted by atomic mass is 10.1. The predicted molar refractivity (Wildman–Crippen MR) is 114 cm³/mol. The first-order valence-electron chi connectivity index (χ1n) is 9.64. The van der Waals surface area contributed by atoms with Gasteiger partial charge in [-0.15, -0.1) is 0 Å². The van der Waals surface area contributed by atoms with Gasteiger partial charge in [-0.05, 0) is 31.5 Å². The number of nitrogens with zero attached hydrogens (tertiary/aromatic N) is 1. The van der Waals surface area contributed by atoms with Crippen LogP contribution in [-0.4, -0.2) is 44.5 Å². The van der Waals surface area contributed by atoms with E-state index in [1.165, 1.54) is 5.56 Å². The number of aliphatic imine (C=N–C) groups is 1. The molecular formula is C22H31N3O3. The summed E-state index contributed by atoms with van der Waals surface area (Å²) < 4.78 is 10.8. The number of hydrogen-bond donors (Lipinski definition) is 3. The van der Waals surface area contributed by atoms with E-state index >= 15 is 0 Å². The topological polar surface area (TPSA) is 75.1 Å². The van der Waals surface area contributed by atoms with E-state index in [1.807, 2.05) is 62.4 Å². The number of anilines is 1. The maximum atomic E-state index is 10.4. The molecule has 28 heavy (non-hydrogen) atoms. The zero-order valence-corrected chi connectivity index (χ0v) is 16.9. The number of ether oxygens (including phenoxy) is 2. The van der Waals surface area contributed by atoms with E-state index in [1.54, 1.807) is 7.11 Å². The van der Waals surface area contributed by atoms with Crippen molar-refractivity contribution in [1.82, 2.24) is 5.32 Å². The number of aryl methyl sites for hydroxylation is 1. The van der Waals surface area contributed by atoms with Crippen molar-refractivity contribution in [2.45, 2.75) is 26.4 Å². The van der Waals surface area contributed by atoms with Gasteiger partial charge in [-0.1, -0.05) is 35.9 Å². The summed E-state index contributed by atoms with van der Waals surface area (Å²) in [4.78, 5) is 4.51. The summed E-state index contributed by atoms with van der Waals surface area (Å²) in [7, 11) is 1.68. The van der Waals surface area contributed by atoms with Gasteiger partial charge in [-0.2, -0.15) is 0 Å². The Balaban J connectivity index is 1.97. The minimum Gasteiger partial charge on any atom is -0.493 e. The van der Waals surface area contributed by atoms with Gasteiger partial charge in [0.1, 0.15) is 5.75 Å². The molecule has 6 nitrogen and oxygen atoms in total. The molecule has 0 amide bonds. The van der Waals surface area contributed by atoms with Crippen LogP contribution in [0.15, 0.2) is 53.5 Å². The van der Waals surface area contributed by atoms with Crippen molar-refractivity contribution in [3.8, 4) is 5.75 Å². The SMILES string of the molecule is CCNC(=NCC(O)c1ccc(C)cc1)Nc1cccc(OCCCOC)c1. The van der Waals surface area contributed by atoms with Crippen LogP contribution in [0.1, 0.15) is 30.6 Å². The molecule has 0 spiro atoms. The Labute approximate surface area is 167 Å². The maximum absolute atomic E-state index is 10.4. The molecule has 0 saturated heterocycles. The number of aliphatic hydroxyl groups is 1. The lowest BCUT2D eigenvalue weighted by Gasteiger charge is -2.14. The van der Waals surface area contributed by atoms with E-state index in [0.717, 1.165) is 30.0 Å². The number of methoxy groups -OCH3 is 1. The van der Waals surface area contributed by atoms with E-state index < -0.39 is 6.10 Å². The highest BCUT2D eigenvalue weighted by Crippen LogP contribution is 2.18. The highest BCUT2D eigenvalue weighted by Gasteiger charge is 2.08. The summed E-state index contributed by atoms with van der Waals surface area (Å²) in [5, 5.41) is 16.8. The highest BCUT2D eigenvalue weighted by atomic mass is 16.5. The molecule has 0 radical (unpaired) electrons. The highest BCUT2D eigenvalue weighted by molar-refractivity contribution is 5.93. The lowest BCUT2D eigenvalue weighted by Crippen LogP contribution is -2.31. The second-order valence-electron chi connectivity index (χ2n) is 6.49. The van der Waals surface area contributed by atoms with E-state index in [-0.39, 0.29) is 6.54 Å². The molecule has 0 aliphatic rings. The summed E-state index contributed by atoms with van der Waals surface area (Å²) >= 11 is 0. The summed E-state index contributed by atoms with van der Waals surface area (Å²) in [5.74, 6) is 1.40. The molecule has 0 aromatic heterocycles. The summed E-state index contributed by atoms with van der Waals surface area (Å²) in [6.07, 6.45) is 0.196. The average molecular weight is 386 g/mol. The van der Waals surface area contributed by atoms with E-state index in [2.05, 4.69) is 15.6 Å². The third kappa shape index (κ3) is 7.58. The fraction of sp³-hybridized carbons (Fsp3) is 0.409. The van der Waals surface area contributed by atoms with Crippen LogP contribution >= 0.6 is 0 Å². The standard InChI is InChI=1S/C22H31N3O3/c1-4-23-22(24-16-21(26)18-11-9-17(2)10-12-18)25-19-7-5-8-20(15-19)28-14-6-13-27-3/h5,7-12,15,21,26H,4,6,13-14,16H2,1-3H3,(H2,23,24,25). The predicted octanol–water partition coefficient (Wildman–Crippen LogP) is 3.52. The average Bonchev–Trinajstić information content (AvgIpc) is 2.70. The fourth-order valence-corrected chi connectivity index (χ4v) is 2.57. The van der Waals surface area contributed by atoms with Crippen LogP contribution in [-0.2, 0) is 4.74 Å². The number of benzene rings is 2. The van der Waals surface area contributed by atoms with Crippen molar-refractivity contribution in [2.75, 3.05) is 38.7 Å². The zero-order valence-electron chi connectivity index (χ0n) is 16.9. The van der Waals surface area contributed by atoms with Gasteiger partial charge >= 0.3 is 0 Å². The van der Waals surface area contributed by atoms with Gasteiger partial charge in [0, 0.05) is 38.4 Å². The van der Waals surface area contributed by atoms with Crippen molar-refractivity contribution in [3.63, 3.8) is 0 Å². The first-order chi connectivity index (χ1) is 13.6. The molecule has 0 saturated carbocycles. The second-order valence-corrected chi connectivity index (χ2v) is 6.49. The number of aliphatic hydroxyl groups excluding tert-OH is 1. The van der Waals surface area contributed by atoms with Crippen LogP contribution in [0.5, 0.6) is 5.75 Å². The second kappa shape index (κ2) is 12.0. The first-order valence-corrected chi connectivity index (χ1v) is 9.64. The van der Waals surface area contributed by atoms with Gasteiger partial charge in [-0.3, -0.25) is 0 Å². The van der Waals surface area contributed by atoms with Gasteiger partial charge in [0.25, 0.3) is 0 Å². The third-order valence-electron chi connectivity index (χ3n) is 4.09. The largest absolute Gasteiger partial charge is 0.493 e. The number of guanidine groups is 1. The molecule has 3 N–H and O–H groups in total. The van der Waals surface area contributed by atoms with Crippen LogP contribution in [0.4, 0.5) is 5.69 Å². The van der Waals surface area contributed by atoms with Crippen molar-refractivity contribution in [2.24, 2.45) is 4.99 Å². The number of rotatable bonds is 10. The number of hydrogen-bond acceptors (Lipinski definition) is 4. The van der Waals surface area contributed by atoms with Crippen LogP contribution < -0.4 is 15.4 Å². The number of nitrogens with one attached hydrogen (secondary N) is 2. The molecule has 0 bridgehead atoms. The molecule has 2 aromatic rings. The van der Waals surface area contributed by atoms with E-state index in [0.29, 0.717) is 19.2 Å². The first kappa shape index (κ1) is 21.7. The van der Waals surface area contributed by atoms with Crippen molar-refractivity contribution in [3.05, 3.63) is 59.7 Å². The van der Waals surface area contributed by atoms with Crippen LogP contribution in [0, 0.1) is 6.92 Å². The lowest BCUT2D eigenvalue weighted by molar-refractivity contribution is 0.172. The normalized spacial score (nSPS) is 12.5. The molecule has 2 aromatic carbocycles. The molecule has 0 fully saturated rings. The third-order valence-corrected chi connectivity index (χ3v) is 4.09. The monoisotopic (exact) mass is 385 g/mol. The molecule has 152 valence electrons. The van der Waals surface area contributed by atoms with Crippen LogP contribution in [0.25, 0.3) is 0 Å². The van der Waals surface area contributed by atoms with Crippen LogP contribution in [0.3, 0.4) is 0 Å². The molecule has 0 aliphatic heterocycles. The van der Waals surface area contributed by atoms with Gasteiger partial charge in [-0.25, -0.2) is 4.99 Å². The van der Waals surface area contributed by atoms with Crippen molar-refractivity contribution < 1.29 is 14.6 Å². The minimum absolute atomic E-state index is 0.269. The van der Waals surface area contributed by atoms with Gasteiger partial charge in [0.05, 0.1) is 19.3 Å². The summed E-state index contributed by atoms with van der Waals surface area (Å²) in [5.41, 5.74) is 2.89. The molecule has 1 unspecified atom stereocenters. The molecule has 2 rings (SSSR count). The Morgan fingerprint density at radius 2 is 1.93 bits per heavy atom. The van der Waals surface area contributed by atoms with E-state index in [4.69, 9.17) is 9.47 Å².